The fraction of sp³-hybridized carbons (Fsp3) is 1.00. The second-order valence-electron chi connectivity index (χ2n) is 5.72. The number of hydrogen-bond donors (Lipinski definition) is 1. The Morgan fingerprint density at radius 3 is 2.47 bits per heavy atom. The minimum Gasteiger partial charge on any atom is -0.329 e. The molecule has 1 saturated heterocycles. The molecule has 2 rings (SSSR count). The third-order valence-electron chi connectivity index (χ3n) is 4.53. The minimum atomic E-state index is 0.677. The zero-order valence-corrected chi connectivity index (χ0v) is 10.3. The van der Waals surface area contributed by atoms with Crippen molar-refractivity contribution in [3.05, 3.63) is 0 Å². The van der Waals surface area contributed by atoms with Crippen LogP contribution in [0.3, 0.4) is 0 Å². The van der Waals surface area contributed by atoms with Gasteiger partial charge in [-0.05, 0) is 44.4 Å². The van der Waals surface area contributed by atoms with Gasteiger partial charge in [0, 0.05) is 25.2 Å². The Bertz CT molecular complexity index is 201. The molecule has 2 aliphatic rings. The summed E-state index contributed by atoms with van der Waals surface area (Å²) in [7, 11) is 0. The molecule has 3 atom stereocenters. The van der Waals surface area contributed by atoms with Gasteiger partial charge in [-0.25, -0.2) is 0 Å². The van der Waals surface area contributed by atoms with Crippen LogP contribution in [0, 0.1) is 11.8 Å². The molecule has 1 aliphatic heterocycles. The Morgan fingerprint density at radius 1 is 1.20 bits per heavy atom. The monoisotopic (exact) mass is 210 g/mol. The number of likely N-dealkylation sites (tertiary alicyclic amines) is 1. The van der Waals surface area contributed by atoms with Crippen molar-refractivity contribution in [3.8, 4) is 0 Å². The maximum absolute atomic E-state index is 5.98. The lowest BCUT2D eigenvalue weighted by Gasteiger charge is -2.47. The van der Waals surface area contributed by atoms with E-state index in [-0.39, 0.29) is 0 Å². The lowest BCUT2D eigenvalue weighted by Crippen LogP contribution is -2.54. The largest absolute Gasteiger partial charge is 0.329 e. The molecule has 0 spiro atoms. The van der Waals surface area contributed by atoms with Gasteiger partial charge in [0.25, 0.3) is 0 Å². The SMILES string of the molecule is CC1CCC(C)N(C(CN)C2CCC2)C1. The third kappa shape index (κ3) is 2.36. The topological polar surface area (TPSA) is 29.3 Å². The molecule has 88 valence electrons. The molecule has 0 bridgehead atoms. The van der Waals surface area contributed by atoms with Crippen molar-refractivity contribution < 1.29 is 0 Å². The maximum atomic E-state index is 5.98. The van der Waals surface area contributed by atoms with E-state index in [2.05, 4.69) is 18.7 Å². The number of rotatable bonds is 3. The van der Waals surface area contributed by atoms with Crippen LogP contribution in [-0.4, -0.2) is 30.1 Å². The molecule has 0 amide bonds. The van der Waals surface area contributed by atoms with Gasteiger partial charge in [-0.15, -0.1) is 0 Å². The van der Waals surface area contributed by atoms with Gasteiger partial charge in [0.2, 0.25) is 0 Å². The number of nitrogens with zero attached hydrogens (tertiary/aromatic N) is 1. The third-order valence-corrected chi connectivity index (χ3v) is 4.53. The van der Waals surface area contributed by atoms with Gasteiger partial charge in [-0.2, -0.15) is 0 Å². The van der Waals surface area contributed by atoms with E-state index in [1.54, 1.807) is 0 Å². The predicted molar refractivity (Wildman–Crippen MR) is 64.7 cm³/mol. The molecule has 2 heteroatoms. The van der Waals surface area contributed by atoms with Crippen LogP contribution in [0.4, 0.5) is 0 Å². The predicted octanol–water partition coefficient (Wildman–Crippen LogP) is 2.23. The van der Waals surface area contributed by atoms with Crippen molar-refractivity contribution >= 4 is 0 Å². The Kier molecular flexibility index (Phi) is 3.68. The summed E-state index contributed by atoms with van der Waals surface area (Å²) in [6, 6.07) is 1.44. The van der Waals surface area contributed by atoms with Crippen molar-refractivity contribution in [2.75, 3.05) is 13.1 Å². The van der Waals surface area contributed by atoms with Gasteiger partial charge < -0.3 is 5.73 Å². The first-order chi connectivity index (χ1) is 7.22. The number of hydrogen-bond acceptors (Lipinski definition) is 2. The Hall–Kier alpha value is -0.0800. The van der Waals surface area contributed by atoms with E-state index in [0.717, 1.165) is 24.4 Å². The van der Waals surface area contributed by atoms with Gasteiger partial charge in [-0.1, -0.05) is 13.3 Å². The highest BCUT2D eigenvalue weighted by Crippen LogP contribution is 2.35. The molecule has 15 heavy (non-hydrogen) atoms. The van der Waals surface area contributed by atoms with Crippen LogP contribution >= 0.6 is 0 Å². The molecule has 0 aromatic carbocycles. The first kappa shape index (κ1) is 11.4. The van der Waals surface area contributed by atoms with Crippen LogP contribution in [0.2, 0.25) is 0 Å². The van der Waals surface area contributed by atoms with Crippen LogP contribution in [0.1, 0.15) is 46.0 Å². The van der Waals surface area contributed by atoms with E-state index >= 15 is 0 Å². The van der Waals surface area contributed by atoms with Crippen LogP contribution in [0.15, 0.2) is 0 Å². The summed E-state index contributed by atoms with van der Waals surface area (Å²) in [5, 5.41) is 0. The van der Waals surface area contributed by atoms with Gasteiger partial charge in [-0.3, -0.25) is 4.90 Å². The summed E-state index contributed by atoms with van der Waals surface area (Å²) < 4.78 is 0. The molecule has 1 saturated carbocycles. The smallest absolute Gasteiger partial charge is 0.0249 e. The molecule has 1 heterocycles. The highest BCUT2D eigenvalue weighted by Gasteiger charge is 2.35. The van der Waals surface area contributed by atoms with E-state index in [4.69, 9.17) is 5.73 Å². The summed E-state index contributed by atoms with van der Waals surface area (Å²) in [6.07, 6.45) is 7.03. The van der Waals surface area contributed by atoms with Gasteiger partial charge in [0.1, 0.15) is 0 Å². The van der Waals surface area contributed by atoms with E-state index in [1.165, 1.54) is 38.6 Å². The van der Waals surface area contributed by atoms with Crippen molar-refractivity contribution in [2.24, 2.45) is 17.6 Å². The summed E-state index contributed by atoms with van der Waals surface area (Å²) in [6.45, 7) is 6.90. The Balaban J connectivity index is 1.97. The highest BCUT2D eigenvalue weighted by molar-refractivity contribution is 4.90. The molecular formula is C13H26N2. The minimum absolute atomic E-state index is 0.677. The summed E-state index contributed by atoms with van der Waals surface area (Å²) in [5.74, 6) is 1.78. The van der Waals surface area contributed by atoms with Gasteiger partial charge in [0.15, 0.2) is 0 Å². The molecule has 0 aromatic rings. The maximum Gasteiger partial charge on any atom is 0.0249 e. The summed E-state index contributed by atoms with van der Waals surface area (Å²) >= 11 is 0. The second kappa shape index (κ2) is 4.84. The first-order valence-electron chi connectivity index (χ1n) is 6.68. The Labute approximate surface area is 94.2 Å². The van der Waals surface area contributed by atoms with Crippen LogP contribution in [0.25, 0.3) is 0 Å². The molecular weight excluding hydrogens is 184 g/mol. The summed E-state index contributed by atoms with van der Waals surface area (Å²) in [5.41, 5.74) is 5.98. The van der Waals surface area contributed by atoms with Crippen molar-refractivity contribution in [3.63, 3.8) is 0 Å². The molecule has 2 fully saturated rings. The number of nitrogens with two attached hydrogens (primary N) is 1. The zero-order valence-electron chi connectivity index (χ0n) is 10.3. The zero-order chi connectivity index (χ0) is 10.8. The van der Waals surface area contributed by atoms with Crippen LogP contribution in [0.5, 0.6) is 0 Å². The Morgan fingerprint density at radius 2 is 1.93 bits per heavy atom. The van der Waals surface area contributed by atoms with E-state index < -0.39 is 0 Å². The molecule has 2 nitrogen and oxygen atoms in total. The van der Waals surface area contributed by atoms with E-state index in [0.29, 0.717) is 6.04 Å². The van der Waals surface area contributed by atoms with E-state index in [1.807, 2.05) is 0 Å². The van der Waals surface area contributed by atoms with Crippen molar-refractivity contribution in [2.45, 2.75) is 58.0 Å². The lowest BCUT2D eigenvalue weighted by molar-refractivity contribution is 0.0285. The average molecular weight is 210 g/mol. The highest BCUT2D eigenvalue weighted by atomic mass is 15.2. The van der Waals surface area contributed by atoms with Crippen LogP contribution < -0.4 is 5.73 Å². The average Bonchev–Trinajstić information content (AvgIpc) is 2.15. The lowest BCUT2D eigenvalue weighted by atomic mass is 9.77. The van der Waals surface area contributed by atoms with Crippen LogP contribution in [-0.2, 0) is 0 Å². The fourth-order valence-corrected chi connectivity index (χ4v) is 3.21. The molecule has 1 aliphatic carbocycles. The molecule has 0 aromatic heterocycles. The standard InChI is InChI=1S/C13H26N2/c1-10-6-7-11(2)15(9-10)13(8-14)12-4-3-5-12/h10-13H,3-9,14H2,1-2H3. The molecule has 3 unspecified atom stereocenters. The van der Waals surface area contributed by atoms with E-state index in [9.17, 15) is 0 Å². The molecule has 2 N–H and O–H groups in total. The second-order valence-corrected chi connectivity index (χ2v) is 5.72. The first-order valence-corrected chi connectivity index (χ1v) is 6.68. The normalized spacial score (nSPS) is 36.2. The summed E-state index contributed by atoms with van der Waals surface area (Å²) in [4.78, 5) is 2.71. The molecule has 0 radical (unpaired) electrons. The van der Waals surface area contributed by atoms with Crippen molar-refractivity contribution in [1.82, 2.24) is 4.90 Å². The van der Waals surface area contributed by atoms with Gasteiger partial charge in [0.05, 0.1) is 0 Å². The fourth-order valence-electron chi connectivity index (χ4n) is 3.21. The van der Waals surface area contributed by atoms with Crippen molar-refractivity contribution in [1.29, 1.82) is 0 Å². The quantitative estimate of drug-likeness (QED) is 0.774. The number of piperidine rings is 1. The van der Waals surface area contributed by atoms with Gasteiger partial charge >= 0.3 is 0 Å².